The highest BCUT2D eigenvalue weighted by Crippen LogP contribution is 2.07. The van der Waals surface area contributed by atoms with E-state index in [4.69, 9.17) is 10.5 Å². The van der Waals surface area contributed by atoms with E-state index in [1.54, 1.807) is 7.11 Å². The summed E-state index contributed by atoms with van der Waals surface area (Å²) in [5.41, 5.74) is 6.52. The fourth-order valence-electron chi connectivity index (χ4n) is 1.97. The Bertz CT molecular complexity index is 565. The van der Waals surface area contributed by atoms with Gasteiger partial charge in [-0.15, -0.1) is 24.0 Å². The molecule has 0 aliphatic rings. The fourth-order valence-corrected chi connectivity index (χ4v) is 3.39. The zero-order valence-electron chi connectivity index (χ0n) is 13.6. The van der Waals surface area contributed by atoms with Crippen LogP contribution in [0.5, 0.6) is 0 Å². The van der Waals surface area contributed by atoms with Crippen LogP contribution in [0.2, 0.25) is 0 Å². The summed E-state index contributed by atoms with van der Waals surface area (Å²) in [5.74, 6) is 0.479. The summed E-state index contributed by atoms with van der Waals surface area (Å²) in [6.45, 7) is 2.84. The van der Waals surface area contributed by atoms with Gasteiger partial charge in [-0.25, -0.2) is 8.42 Å². The van der Waals surface area contributed by atoms with Gasteiger partial charge in [-0.1, -0.05) is 30.3 Å². The first-order valence-corrected chi connectivity index (χ1v) is 9.05. The number of benzene rings is 1. The summed E-state index contributed by atoms with van der Waals surface area (Å²) in [7, 11) is -1.50. The fraction of sp³-hybridized carbons (Fsp3) is 0.533. The van der Waals surface area contributed by atoms with Crippen LogP contribution in [0, 0.1) is 0 Å². The largest absolute Gasteiger partial charge is 0.383 e. The molecule has 3 N–H and O–H groups in total. The van der Waals surface area contributed by atoms with Crippen molar-refractivity contribution >= 4 is 39.8 Å². The van der Waals surface area contributed by atoms with E-state index in [0.29, 0.717) is 25.5 Å². The summed E-state index contributed by atoms with van der Waals surface area (Å²) < 4.78 is 29.0. The molecule has 6 nitrogen and oxygen atoms in total. The minimum atomic E-state index is -3.11. The van der Waals surface area contributed by atoms with Gasteiger partial charge in [-0.2, -0.15) is 0 Å². The second-order valence-electron chi connectivity index (χ2n) is 5.20. The SMILES string of the molecule is COCC(C)NC(N)=NCCCS(=O)(=O)Cc1ccccc1.I. The van der Waals surface area contributed by atoms with Crippen molar-refractivity contribution in [3.05, 3.63) is 35.9 Å². The van der Waals surface area contributed by atoms with Gasteiger partial charge in [-0.3, -0.25) is 4.99 Å². The van der Waals surface area contributed by atoms with Gasteiger partial charge in [0.25, 0.3) is 0 Å². The molecule has 0 aromatic heterocycles. The quantitative estimate of drug-likeness (QED) is 0.255. The summed E-state index contributed by atoms with van der Waals surface area (Å²) >= 11 is 0. The number of rotatable bonds is 9. The number of halogens is 1. The Hall–Kier alpha value is -0.870. The zero-order valence-corrected chi connectivity index (χ0v) is 16.7. The number of hydrogen-bond acceptors (Lipinski definition) is 4. The third-order valence-electron chi connectivity index (χ3n) is 2.94. The van der Waals surface area contributed by atoms with Crippen molar-refractivity contribution in [2.45, 2.75) is 25.1 Å². The first kappa shape index (κ1) is 22.1. The average Bonchev–Trinajstić information content (AvgIpc) is 2.44. The van der Waals surface area contributed by atoms with E-state index in [-0.39, 0.29) is 41.5 Å². The first-order valence-electron chi connectivity index (χ1n) is 7.22. The van der Waals surface area contributed by atoms with Crippen LogP contribution in [0.25, 0.3) is 0 Å². The lowest BCUT2D eigenvalue weighted by Crippen LogP contribution is -2.40. The summed E-state index contributed by atoms with van der Waals surface area (Å²) in [4.78, 5) is 4.12. The number of hydrogen-bond donors (Lipinski definition) is 2. The highest BCUT2D eigenvalue weighted by Gasteiger charge is 2.11. The monoisotopic (exact) mass is 455 g/mol. The molecule has 0 amide bonds. The molecule has 0 spiro atoms. The van der Waals surface area contributed by atoms with Crippen LogP contribution in [-0.2, 0) is 20.3 Å². The number of guanidine groups is 1. The van der Waals surface area contributed by atoms with E-state index in [9.17, 15) is 8.42 Å². The van der Waals surface area contributed by atoms with Crippen LogP contribution in [0.4, 0.5) is 0 Å². The van der Waals surface area contributed by atoms with Crippen molar-refractivity contribution in [1.29, 1.82) is 0 Å². The number of nitrogens with zero attached hydrogens (tertiary/aromatic N) is 1. The van der Waals surface area contributed by atoms with Gasteiger partial charge in [0.15, 0.2) is 15.8 Å². The molecular formula is C15H26IN3O3S. The van der Waals surface area contributed by atoms with Crippen LogP contribution in [0.3, 0.4) is 0 Å². The number of ether oxygens (including phenoxy) is 1. The molecule has 132 valence electrons. The molecule has 23 heavy (non-hydrogen) atoms. The van der Waals surface area contributed by atoms with E-state index in [1.807, 2.05) is 37.3 Å². The molecule has 8 heteroatoms. The van der Waals surface area contributed by atoms with Gasteiger partial charge in [0.05, 0.1) is 18.1 Å². The smallest absolute Gasteiger partial charge is 0.188 e. The Labute approximate surface area is 155 Å². The van der Waals surface area contributed by atoms with Crippen molar-refractivity contribution in [2.24, 2.45) is 10.7 Å². The van der Waals surface area contributed by atoms with Gasteiger partial charge in [0.1, 0.15) is 0 Å². The molecular weight excluding hydrogens is 429 g/mol. The molecule has 1 rings (SSSR count). The lowest BCUT2D eigenvalue weighted by molar-refractivity contribution is 0.179. The van der Waals surface area contributed by atoms with E-state index in [0.717, 1.165) is 5.56 Å². The third kappa shape index (κ3) is 10.5. The average molecular weight is 455 g/mol. The Balaban J connectivity index is 0.00000484. The van der Waals surface area contributed by atoms with E-state index in [2.05, 4.69) is 10.3 Å². The molecule has 1 unspecified atom stereocenters. The molecule has 0 saturated carbocycles. The maximum absolute atomic E-state index is 12.0. The predicted molar refractivity (Wildman–Crippen MR) is 105 cm³/mol. The normalized spacial score (nSPS) is 13.2. The number of nitrogens with one attached hydrogen (secondary N) is 1. The predicted octanol–water partition coefficient (Wildman–Crippen LogP) is 1.55. The van der Waals surface area contributed by atoms with Crippen LogP contribution in [0.1, 0.15) is 18.9 Å². The first-order chi connectivity index (χ1) is 10.4. The molecule has 1 atom stereocenters. The Kier molecular flexibility index (Phi) is 11.2. The lowest BCUT2D eigenvalue weighted by atomic mass is 10.2. The van der Waals surface area contributed by atoms with Crippen LogP contribution in [-0.4, -0.2) is 46.4 Å². The van der Waals surface area contributed by atoms with Crippen molar-refractivity contribution in [2.75, 3.05) is 26.0 Å². The van der Waals surface area contributed by atoms with Crippen LogP contribution < -0.4 is 11.1 Å². The van der Waals surface area contributed by atoms with Gasteiger partial charge in [0.2, 0.25) is 0 Å². The van der Waals surface area contributed by atoms with Crippen LogP contribution >= 0.6 is 24.0 Å². The second-order valence-corrected chi connectivity index (χ2v) is 7.38. The lowest BCUT2D eigenvalue weighted by Gasteiger charge is -2.13. The van der Waals surface area contributed by atoms with Crippen LogP contribution in [0.15, 0.2) is 35.3 Å². The molecule has 0 radical (unpaired) electrons. The number of nitrogens with two attached hydrogens (primary N) is 1. The van der Waals surface area contributed by atoms with E-state index >= 15 is 0 Å². The van der Waals surface area contributed by atoms with Gasteiger partial charge >= 0.3 is 0 Å². The molecule has 0 aliphatic heterocycles. The minimum Gasteiger partial charge on any atom is -0.383 e. The van der Waals surface area contributed by atoms with Gasteiger partial charge < -0.3 is 15.8 Å². The van der Waals surface area contributed by atoms with Crippen molar-refractivity contribution in [1.82, 2.24) is 5.32 Å². The Morgan fingerprint density at radius 2 is 2.00 bits per heavy atom. The highest BCUT2D eigenvalue weighted by atomic mass is 127. The van der Waals surface area contributed by atoms with Crippen molar-refractivity contribution in [3.8, 4) is 0 Å². The second kappa shape index (κ2) is 11.6. The molecule has 1 aromatic carbocycles. The highest BCUT2D eigenvalue weighted by molar-refractivity contribution is 14.0. The van der Waals surface area contributed by atoms with Crippen molar-refractivity contribution < 1.29 is 13.2 Å². The molecule has 0 aliphatic carbocycles. The number of aliphatic imine (C=N–C) groups is 1. The minimum absolute atomic E-state index is 0. The maximum atomic E-state index is 12.0. The number of sulfone groups is 1. The Morgan fingerprint density at radius 3 is 2.61 bits per heavy atom. The maximum Gasteiger partial charge on any atom is 0.188 e. The van der Waals surface area contributed by atoms with E-state index in [1.165, 1.54) is 0 Å². The Morgan fingerprint density at radius 1 is 1.35 bits per heavy atom. The van der Waals surface area contributed by atoms with E-state index < -0.39 is 9.84 Å². The molecule has 0 heterocycles. The molecule has 0 saturated heterocycles. The molecule has 1 aromatic rings. The summed E-state index contributed by atoms with van der Waals surface area (Å²) in [6, 6.07) is 9.23. The van der Waals surface area contributed by atoms with Gasteiger partial charge in [-0.05, 0) is 18.9 Å². The van der Waals surface area contributed by atoms with Crippen molar-refractivity contribution in [3.63, 3.8) is 0 Å². The summed E-state index contributed by atoms with van der Waals surface area (Å²) in [5, 5.41) is 2.97. The third-order valence-corrected chi connectivity index (χ3v) is 4.62. The summed E-state index contributed by atoms with van der Waals surface area (Å²) in [6.07, 6.45) is 0.455. The zero-order chi connectivity index (χ0) is 16.4. The standard InChI is InChI=1S/C15H25N3O3S.HI/c1-13(11-21-2)18-15(16)17-9-6-10-22(19,20)12-14-7-4-3-5-8-14;/h3-5,7-8,13H,6,9-12H2,1-2H3,(H3,16,17,18);1H. The molecule has 0 fully saturated rings. The topological polar surface area (TPSA) is 93.8 Å². The van der Waals surface area contributed by atoms with Gasteiger partial charge in [0, 0.05) is 19.7 Å². The molecule has 0 bridgehead atoms. The number of methoxy groups -OCH3 is 1.